The summed E-state index contributed by atoms with van der Waals surface area (Å²) in [4.78, 5) is 48.7. The molecular formula is C29H28N6O3S. The van der Waals surface area contributed by atoms with Gasteiger partial charge >= 0.3 is 0 Å². The van der Waals surface area contributed by atoms with E-state index in [1.54, 1.807) is 28.9 Å². The van der Waals surface area contributed by atoms with Crippen molar-refractivity contribution in [1.82, 2.24) is 20.6 Å². The number of fused-ring (bicyclic) bond motifs is 1. The van der Waals surface area contributed by atoms with Gasteiger partial charge in [-0.3, -0.25) is 24.7 Å². The third kappa shape index (κ3) is 6.19. The number of rotatable bonds is 10. The number of hydrogen-bond donors (Lipinski definition) is 3. The second-order valence-corrected chi connectivity index (χ2v) is 9.97. The second kappa shape index (κ2) is 12.0. The van der Waals surface area contributed by atoms with Crippen molar-refractivity contribution in [1.29, 1.82) is 0 Å². The molecule has 0 saturated heterocycles. The van der Waals surface area contributed by atoms with Crippen molar-refractivity contribution in [2.24, 2.45) is 5.73 Å². The summed E-state index contributed by atoms with van der Waals surface area (Å²) in [5.74, 6) is -1.11. The van der Waals surface area contributed by atoms with Crippen molar-refractivity contribution in [2.75, 3.05) is 18.0 Å². The molecule has 3 heterocycles. The molecule has 0 bridgehead atoms. The number of hydrogen-bond acceptors (Lipinski definition) is 7. The maximum atomic E-state index is 14.1. The molecule has 5 rings (SSSR count). The third-order valence-corrected chi connectivity index (χ3v) is 7.28. The zero-order valence-corrected chi connectivity index (χ0v) is 22.0. The Balaban J connectivity index is 1.49. The Morgan fingerprint density at radius 3 is 2.56 bits per heavy atom. The average molecular weight is 541 g/mol. The lowest BCUT2D eigenvalue weighted by Crippen LogP contribution is -2.47. The summed E-state index contributed by atoms with van der Waals surface area (Å²) in [6.45, 7) is 0.633. The molecule has 3 amide bonds. The number of thiazole rings is 1. The molecule has 0 aliphatic carbocycles. The van der Waals surface area contributed by atoms with Crippen LogP contribution in [-0.2, 0) is 29.0 Å². The second-order valence-electron chi connectivity index (χ2n) is 9.25. The van der Waals surface area contributed by atoms with E-state index in [0.717, 1.165) is 27.9 Å². The van der Waals surface area contributed by atoms with Crippen molar-refractivity contribution in [3.63, 3.8) is 0 Å². The molecule has 2 aromatic carbocycles. The first-order chi connectivity index (χ1) is 19.0. The van der Waals surface area contributed by atoms with E-state index in [9.17, 15) is 14.4 Å². The molecule has 10 heteroatoms. The van der Waals surface area contributed by atoms with Crippen LogP contribution >= 0.6 is 11.3 Å². The minimum absolute atomic E-state index is 0.0804. The van der Waals surface area contributed by atoms with Crippen molar-refractivity contribution in [3.8, 4) is 11.1 Å². The highest BCUT2D eigenvalue weighted by Gasteiger charge is 2.33. The highest BCUT2D eigenvalue weighted by molar-refractivity contribution is 7.07. The van der Waals surface area contributed by atoms with E-state index in [0.29, 0.717) is 37.2 Å². The minimum Gasteiger partial charge on any atom is -0.368 e. The Bertz CT molecular complexity index is 1460. The Labute approximate surface area is 230 Å². The lowest BCUT2D eigenvalue weighted by atomic mass is 9.97. The fourth-order valence-electron chi connectivity index (χ4n) is 4.75. The zero-order chi connectivity index (χ0) is 27.2. The third-order valence-electron chi connectivity index (χ3n) is 6.64. The van der Waals surface area contributed by atoms with Gasteiger partial charge < -0.3 is 16.0 Å². The molecule has 1 aliphatic rings. The maximum Gasteiger partial charge on any atom is 0.252 e. The van der Waals surface area contributed by atoms with Gasteiger partial charge in [0.15, 0.2) is 0 Å². The van der Waals surface area contributed by atoms with Crippen LogP contribution in [0.3, 0.4) is 0 Å². The maximum absolute atomic E-state index is 14.1. The summed E-state index contributed by atoms with van der Waals surface area (Å²) >= 11 is 1.51. The number of primary amides is 1. The smallest absolute Gasteiger partial charge is 0.252 e. The van der Waals surface area contributed by atoms with Crippen LogP contribution in [0.15, 0.2) is 77.9 Å². The molecule has 4 N–H and O–H groups in total. The van der Waals surface area contributed by atoms with E-state index < -0.39 is 17.9 Å². The van der Waals surface area contributed by atoms with Crippen LogP contribution in [-0.4, -0.2) is 46.8 Å². The fraction of sp³-hybridized carbons (Fsp3) is 0.207. The number of carbonyl (C=O) groups is 3. The van der Waals surface area contributed by atoms with Crippen LogP contribution in [0.1, 0.15) is 27.2 Å². The van der Waals surface area contributed by atoms with Crippen molar-refractivity contribution >= 4 is 34.7 Å². The highest BCUT2D eigenvalue weighted by Crippen LogP contribution is 2.36. The number of benzene rings is 2. The fourth-order valence-corrected chi connectivity index (χ4v) is 5.31. The number of aromatic nitrogens is 2. The van der Waals surface area contributed by atoms with Gasteiger partial charge in [-0.05, 0) is 59.4 Å². The van der Waals surface area contributed by atoms with Crippen LogP contribution in [0.4, 0.5) is 5.69 Å². The molecule has 198 valence electrons. The summed E-state index contributed by atoms with van der Waals surface area (Å²) in [7, 11) is 0. The topological polar surface area (TPSA) is 130 Å². The van der Waals surface area contributed by atoms with Crippen LogP contribution in [0, 0.1) is 0 Å². The van der Waals surface area contributed by atoms with Gasteiger partial charge in [0, 0.05) is 42.1 Å². The molecule has 0 radical (unpaired) electrons. The van der Waals surface area contributed by atoms with Crippen molar-refractivity contribution in [3.05, 3.63) is 100 Å². The molecular weight excluding hydrogens is 512 g/mol. The van der Waals surface area contributed by atoms with E-state index in [4.69, 9.17) is 5.73 Å². The van der Waals surface area contributed by atoms with E-state index in [1.165, 1.54) is 11.3 Å². The summed E-state index contributed by atoms with van der Waals surface area (Å²) in [5, 5.41) is 7.96. The molecule has 1 aliphatic heterocycles. The quantitative estimate of drug-likeness (QED) is 0.284. The SMILES string of the molecule is NC(=O)CNC(=O)c1cc(-c2ccncc2)cc2c1CCN2C(=O)[C@H](Cc1ccccc1)NCc1cscn1. The van der Waals surface area contributed by atoms with Gasteiger partial charge in [-0.2, -0.15) is 0 Å². The molecule has 1 atom stereocenters. The molecule has 0 spiro atoms. The van der Waals surface area contributed by atoms with Crippen molar-refractivity contribution in [2.45, 2.75) is 25.4 Å². The van der Waals surface area contributed by atoms with E-state index in [2.05, 4.69) is 20.6 Å². The number of amides is 3. The summed E-state index contributed by atoms with van der Waals surface area (Å²) in [5.41, 5.74) is 12.4. The van der Waals surface area contributed by atoms with E-state index in [1.807, 2.05) is 53.9 Å². The first kappa shape index (κ1) is 26.2. The molecule has 0 unspecified atom stereocenters. The molecule has 4 aromatic rings. The first-order valence-corrected chi connectivity index (χ1v) is 13.5. The number of nitrogens with one attached hydrogen (secondary N) is 2. The van der Waals surface area contributed by atoms with Gasteiger partial charge in [-0.1, -0.05) is 30.3 Å². The first-order valence-electron chi connectivity index (χ1n) is 12.6. The van der Waals surface area contributed by atoms with Gasteiger partial charge in [0.25, 0.3) is 5.91 Å². The van der Waals surface area contributed by atoms with Gasteiger partial charge in [-0.15, -0.1) is 11.3 Å². The standard InChI is InChI=1S/C29H28N6O3S/c30-27(36)16-33-28(37)24-13-21(20-6-9-31-10-7-20)14-26-23(24)8-11-35(26)29(38)25(12-19-4-2-1-3-5-19)32-15-22-17-39-18-34-22/h1-7,9-10,13-14,17-18,25,32H,8,11-12,15-16H2,(H2,30,36)(H,33,37)/t25-/m0/s1. The monoisotopic (exact) mass is 540 g/mol. The Hall–Kier alpha value is -4.41. The van der Waals surface area contributed by atoms with Gasteiger partial charge in [0.05, 0.1) is 23.8 Å². The van der Waals surface area contributed by atoms with Crippen LogP contribution in [0.2, 0.25) is 0 Å². The Morgan fingerprint density at radius 2 is 1.85 bits per heavy atom. The number of anilines is 1. The summed E-state index contributed by atoms with van der Waals surface area (Å²) < 4.78 is 0. The molecule has 39 heavy (non-hydrogen) atoms. The molecule has 2 aromatic heterocycles. The lowest BCUT2D eigenvalue weighted by molar-refractivity contribution is -0.120. The van der Waals surface area contributed by atoms with E-state index >= 15 is 0 Å². The van der Waals surface area contributed by atoms with Crippen molar-refractivity contribution < 1.29 is 14.4 Å². The number of nitrogens with two attached hydrogens (primary N) is 1. The highest BCUT2D eigenvalue weighted by atomic mass is 32.1. The molecule has 9 nitrogen and oxygen atoms in total. The van der Waals surface area contributed by atoms with Crippen LogP contribution in [0.5, 0.6) is 0 Å². The number of carbonyl (C=O) groups excluding carboxylic acids is 3. The molecule has 0 saturated carbocycles. The van der Waals surface area contributed by atoms with Gasteiger partial charge in [-0.25, -0.2) is 4.98 Å². The Kier molecular flexibility index (Phi) is 8.04. The number of nitrogens with zero attached hydrogens (tertiary/aromatic N) is 3. The zero-order valence-electron chi connectivity index (χ0n) is 21.2. The average Bonchev–Trinajstić information content (AvgIpc) is 3.64. The van der Waals surface area contributed by atoms with Gasteiger partial charge in [0.2, 0.25) is 11.8 Å². The molecule has 0 fully saturated rings. The van der Waals surface area contributed by atoms with E-state index in [-0.39, 0.29) is 12.5 Å². The summed E-state index contributed by atoms with van der Waals surface area (Å²) in [6.07, 6.45) is 4.38. The lowest BCUT2D eigenvalue weighted by Gasteiger charge is -2.26. The predicted molar refractivity (Wildman–Crippen MR) is 150 cm³/mol. The summed E-state index contributed by atoms with van der Waals surface area (Å²) in [6, 6.07) is 16.8. The normalized spacial score (nSPS) is 13.1. The van der Waals surface area contributed by atoms with Gasteiger partial charge in [0.1, 0.15) is 0 Å². The Morgan fingerprint density at radius 1 is 1.05 bits per heavy atom. The predicted octanol–water partition coefficient (Wildman–Crippen LogP) is 2.71. The van der Waals surface area contributed by atoms with Crippen LogP contribution < -0.4 is 21.3 Å². The number of pyridine rings is 1. The minimum atomic E-state index is -0.628. The largest absolute Gasteiger partial charge is 0.368 e. The van der Waals surface area contributed by atoms with Crippen LogP contribution in [0.25, 0.3) is 11.1 Å².